The highest BCUT2D eigenvalue weighted by Gasteiger charge is 2.13. The Morgan fingerprint density at radius 1 is 1.00 bits per heavy atom. The number of phenolic OH excluding ortho intramolecular Hbond substituents is 2. The zero-order valence-corrected chi connectivity index (χ0v) is 9.91. The largest absolute Gasteiger partial charge is 0.504 e. The SMILES string of the molecule is O=C(O)COc1c(O)cc(-c2ccccc2)cc1O. The average Bonchev–Trinajstić information content (AvgIpc) is 2.38. The molecule has 0 bridgehead atoms. The zero-order valence-electron chi connectivity index (χ0n) is 9.91. The number of aliphatic carboxylic acids is 1. The van der Waals surface area contributed by atoms with E-state index in [4.69, 9.17) is 9.84 Å². The molecule has 0 atom stereocenters. The van der Waals surface area contributed by atoms with Crippen LogP contribution < -0.4 is 4.74 Å². The summed E-state index contributed by atoms with van der Waals surface area (Å²) in [6.07, 6.45) is 0. The van der Waals surface area contributed by atoms with Gasteiger partial charge in [0.2, 0.25) is 5.75 Å². The minimum Gasteiger partial charge on any atom is -0.504 e. The quantitative estimate of drug-likeness (QED) is 0.784. The Hall–Kier alpha value is -2.69. The standard InChI is InChI=1S/C14H12O5/c15-11-6-10(9-4-2-1-3-5-9)7-12(16)14(11)19-8-13(17)18/h1-7,15-16H,8H2,(H,17,18). The Kier molecular flexibility index (Phi) is 3.56. The van der Waals surface area contributed by atoms with E-state index in [0.717, 1.165) is 5.56 Å². The number of phenols is 2. The average molecular weight is 260 g/mol. The van der Waals surface area contributed by atoms with Crippen molar-refractivity contribution in [2.24, 2.45) is 0 Å². The van der Waals surface area contributed by atoms with Crippen LogP contribution >= 0.6 is 0 Å². The molecular formula is C14H12O5. The van der Waals surface area contributed by atoms with Gasteiger partial charge in [-0.25, -0.2) is 4.79 Å². The molecular weight excluding hydrogens is 248 g/mol. The zero-order chi connectivity index (χ0) is 13.8. The third kappa shape index (κ3) is 2.95. The molecule has 0 spiro atoms. The van der Waals surface area contributed by atoms with Crippen molar-refractivity contribution >= 4 is 5.97 Å². The van der Waals surface area contributed by atoms with Crippen molar-refractivity contribution in [3.63, 3.8) is 0 Å². The van der Waals surface area contributed by atoms with Crippen LogP contribution in [0.2, 0.25) is 0 Å². The first kappa shape index (κ1) is 12.8. The van der Waals surface area contributed by atoms with Crippen molar-refractivity contribution in [1.29, 1.82) is 0 Å². The van der Waals surface area contributed by atoms with Crippen LogP contribution in [0.4, 0.5) is 0 Å². The fraction of sp³-hybridized carbons (Fsp3) is 0.0714. The number of carboxylic acid groups (broad SMARTS) is 1. The van der Waals surface area contributed by atoms with Crippen molar-refractivity contribution in [2.45, 2.75) is 0 Å². The smallest absolute Gasteiger partial charge is 0.341 e. The van der Waals surface area contributed by atoms with E-state index in [1.54, 1.807) is 0 Å². The highest BCUT2D eigenvalue weighted by molar-refractivity contribution is 5.72. The molecule has 3 N–H and O–H groups in total. The number of benzene rings is 2. The Labute approximate surface area is 109 Å². The number of rotatable bonds is 4. The molecule has 2 aromatic rings. The minimum atomic E-state index is -1.19. The van der Waals surface area contributed by atoms with Crippen molar-refractivity contribution in [1.82, 2.24) is 0 Å². The summed E-state index contributed by atoms with van der Waals surface area (Å²) in [7, 11) is 0. The van der Waals surface area contributed by atoms with Gasteiger partial charge in [0.05, 0.1) is 0 Å². The van der Waals surface area contributed by atoms with E-state index < -0.39 is 12.6 Å². The van der Waals surface area contributed by atoms with Gasteiger partial charge in [0, 0.05) is 0 Å². The molecule has 19 heavy (non-hydrogen) atoms. The fourth-order valence-corrected chi connectivity index (χ4v) is 1.68. The van der Waals surface area contributed by atoms with E-state index >= 15 is 0 Å². The van der Waals surface area contributed by atoms with E-state index in [2.05, 4.69) is 0 Å². The summed E-state index contributed by atoms with van der Waals surface area (Å²) in [5.74, 6) is -2.03. The Morgan fingerprint density at radius 2 is 1.58 bits per heavy atom. The molecule has 0 aliphatic carbocycles. The van der Waals surface area contributed by atoms with Gasteiger partial charge in [0.25, 0.3) is 0 Å². The molecule has 0 aliphatic heterocycles. The van der Waals surface area contributed by atoms with Crippen LogP contribution in [-0.4, -0.2) is 27.9 Å². The molecule has 0 amide bonds. The summed E-state index contributed by atoms with van der Waals surface area (Å²) >= 11 is 0. The molecule has 2 aromatic carbocycles. The van der Waals surface area contributed by atoms with Crippen molar-refractivity contribution in [2.75, 3.05) is 6.61 Å². The number of carbonyl (C=O) groups is 1. The van der Waals surface area contributed by atoms with Gasteiger partial charge in [-0.1, -0.05) is 30.3 Å². The second-order valence-electron chi connectivity index (χ2n) is 3.89. The lowest BCUT2D eigenvalue weighted by molar-refractivity contribution is -0.139. The molecule has 5 nitrogen and oxygen atoms in total. The molecule has 98 valence electrons. The van der Waals surface area contributed by atoms with Gasteiger partial charge >= 0.3 is 5.97 Å². The fourth-order valence-electron chi connectivity index (χ4n) is 1.68. The van der Waals surface area contributed by atoms with E-state index in [0.29, 0.717) is 5.56 Å². The number of ether oxygens (including phenoxy) is 1. The topological polar surface area (TPSA) is 87.0 Å². The van der Waals surface area contributed by atoms with Gasteiger partial charge in [-0.2, -0.15) is 0 Å². The Morgan fingerprint density at radius 3 is 2.11 bits per heavy atom. The van der Waals surface area contributed by atoms with Gasteiger partial charge in [-0.05, 0) is 23.3 Å². The molecule has 0 aromatic heterocycles. The summed E-state index contributed by atoms with van der Waals surface area (Å²) < 4.78 is 4.82. The molecule has 0 unspecified atom stereocenters. The van der Waals surface area contributed by atoms with Gasteiger partial charge in [0.15, 0.2) is 18.1 Å². The first-order chi connectivity index (χ1) is 9.08. The predicted molar refractivity (Wildman–Crippen MR) is 68.3 cm³/mol. The number of hydrogen-bond acceptors (Lipinski definition) is 4. The summed E-state index contributed by atoms with van der Waals surface area (Å²) in [6, 6.07) is 12.0. The highest BCUT2D eigenvalue weighted by Crippen LogP contribution is 2.39. The minimum absolute atomic E-state index is 0.234. The van der Waals surface area contributed by atoms with Crippen LogP contribution in [0.25, 0.3) is 11.1 Å². The third-order valence-electron chi connectivity index (χ3n) is 2.50. The number of aromatic hydroxyl groups is 2. The molecule has 0 radical (unpaired) electrons. The summed E-state index contributed by atoms with van der Waals surface area (Å²) in [5.41, 5.74) is 1.43. The van der Waals surface area contributed by atoms with Crippen LogP contribution in [0.3, 0.4) is 0 Å². The number of carboxylic acids is 1. The number of hydrogen-bond donors (Lipinski definition) is 3. The molecule has 0 saturated heterocycles. The Bertz CT molecular complexity index is 569. The molecule has 0 aliphatic rings. The predicted octanol–water partition coefficient (Wildman–Crippen LogP) is 2.23. The van der Waals surface area contributed by atoms with Crippen LogP contribution in [0.1, 0.15) is 0 Å². The van der Waals surface area contributed by atoms with Crippen molar-refractivity contribution < 1.29 is 24.9 Å². The Balaban J connectivity index is 2.34. The summed E-state index contributed by atoms with van der Waals surface area (Å²) in [4.78, 5) is 10.4. The van der Waals surface area contributed by atoms with Gasteiger partial charge < -0.3 is 20.1 Å². The molecule has 2 rings (SSSR count). The maximum atomic E-state index is 10.4. The molecule has 0 saturated carbocycles. The van der Waals surface area contributed by atoms with Crippen LogP contribution in [-0.2, 0) is 4.79 Å². The van der Waals surface area contributed by atoms with Crippen molar-refractivity contribution in [3.8, 4) is 28.4 Å². The molecule has 0 fully saturated rings. The van der Waals surface area contributed by atoms with Crippen LogP contribution in [0, 0.1) is 0 Å². The second-order valence-corrected chi connectivity index (χ2v) is 3.89. The first-order valence-corrected chi connectivity index (χ1v) is 5.54. The maximum Gasteiger partial charge on any atom is 0.341 e. The summed E-state index contributed by atoms with van der Waals surface area (Å²) in [5, 5.41) is 28.0. The normalized spacial score (nSPS) is 10.1. The van der Waals surface area contributed by atoms with E-state index in [1.807, 2.05) is 30.3 Å². The lowest BCUT2D eigenvalue weighted by Crippen LogP contribution is -2.09. The molecule has 5 heteroatoms. The monoisotopic (exact) mass is 260 g/mol. The summed E-state index contributed by atoms with van der Waals surface area (Å²) in [6.45, 7) is -0.633. The lowest BCUT2D eigenvalue weighted by Gasteiger charge is -2.10. The highest BCUT2D eigenvalue weighted by atomic mass is 16.5. The van der Waals surface area contributed by atoms with E-state index in [-0.39, 0.29) is 17.2 Å². The van der Waals surface area contributed by atoms with Crippen molar-refractivity contribution in [3.05, 3.63) is 42.5 Å². The van der Waals surface area contributed by atoms with Gasteiger partial charge in [0.1, 0.15) is 0 Å². The van der Waals surface area contributed by atoms with Gasteiger partial charge in [-0.15, -0.1) is 0 Å². The van der Waals surface area contributed by atoms with E-state index in [9.17, 15) is 15.0 Å². The second kappa shape index (κ2) is 5.30. The van der Waals surface area contributed by atoms with Gasteiger partial charge in [-0.3, -0.25) is 0 Å². The third-order valence-corrected chi connectivity index (χ3v) is 2.50. The first-order valence-electron chi connectivity index (χ1n) is 5.54. The maximum absolute atomic E-state index is 10.4. The van der Waals surface area contributed by atoms with E-state index in [1.165, 1.54) is 12.1 Å². The van der Waals surface area contributed by atoms with Crippen LogP contribution in [0.15, 0.2) is 42.5 Å². The lowest BCUT2D eigenvalue weighted by atomic mass is 10.0. The van der Waals surface area contributed by atoms with Crippen LogP contribution in [0.5, 0.6) is 17.2 Å². The molecule has 0 heterocycles.